The maximum absolute atomic E-state index is 11.8. The predicted octanol–water partition coefficient (Wildman–Crippen LogP) is 3.75. The van der Waals surface area contributed by atoms with E-state index >= 15 is 0 Å². The van der Waals surface area contributed by atoms with Crippen LogP contribution in [0, 0.1) is 0 Å². The molecule has 1 aromatic carbocycles. The summed E-state index contributed by atoms with van der Waals surface area (Å²) in [4.78, 5) is 15.5. The molecule has 0 bridgehead atoms. The molecule has 0 N–H and O–H groups in total. The van der Waals surface area contributed by atoms with Crippen molar-refractivity contribution in [2.45, 2.75) is 26.4 Å². The molecule has 0 unspecified atom stereocenters. The van der Waals surface area contributed by atoms with Crippen molar-refractivity contribution in [1.82, 2.24) is 4.90 Å². The molecule has 1 aromatic rings. The highest BCUT2D eigenvalue weighted by Crippen LogP contribution is 2.17. The van der Waals surface area contributed by atoms with Crippen molar-refractivity contribution in [2.24, 2.45) is 0 Å². The van der Waals surface area contributed by atoms with Gasteiger partial charge in [-0.25, -0.2) is 4.79 Å². The highest BCUT2D eigenvalue weighted by atomic mass is 79.9. The van der Waals surface area contributed by atoms with Crippen LogP contribution in [0.15, 0.2) is 28.7 Å². The molecular weight excluding hydrogens is 320 g/mol. The van der Waals surface area contributed by atoms with E-state index in [4.69, 9.17) is 4.74 Å². The summed E-state index contributed by atoms with van der Waals surface area (Å²) in [5, 5.41) is 0. The van der Waals surface area contributed by atoms with E-state index in [1.54, 1.807) is 11.9 Å². The Bertz CT molecular complexity index is 440. The molecule has 0 spiro atoms. The third kappa shape index (κ3) is 5.82. The van der Waals surface area contributed by atoms with E-state index in [1.807, 2.05) is 52.1 Å². The number of amides is 1. The lowest BCUT2D eigenvalue weighted by molar-refractivity contribution is 0.0303. The van der Waals surface area contributed by atoms with Gasteiger partial charge in [0.2, 0.25) is 0 Å². The summed E-state index contributed by atoms with van der Waals surface area (Å²) in [6.07, 6.45) is -0.290. The lowest BCUT2D eigenvalue weighted by atomic mass is 10.2. The van der Waals surface area contributed by atoms with Crippen molar-refractivity contribution in [3.8, 4) is 0 Å². The number of anilines is 1. The third-order valence-electron chi connectivity index (χ3n) is 2.74. The van der Waals surface area contributed by atoms with Crippen LogP contribution in [0.4, 0.5) is 10.5 Å². The molecule has 0 aliphatic heterocycles. The summed E-state index contributed by atoms with van der Waals surface area (Å²) >= 11 is 3.42. The molecule has 0 aliphatic carbocycles. The summed E-state index contributed by atoms with van der Waals surface area (Å²) in [6.45, 7) is 6.96. The molecular formula is C15H23BrN2O2. The predicted molar refractivity (Wildman–Crippen MR) is 86.3 cm³/mol. The Morgan fingerprint density at radius 2 is 1.70 bits per heavy atom. The highest BCUT2D eigenvalue weighted by molar-refractivity contribution is 9.10. The topological polar surface area (TPSA) is 32.8 Å². The van der Waals surface area contributed by atoms with Crippen molar-refractivity contribution in [3.05, 3.63) is 28.7 Å². The molecule has 5 heteroatoms. The van der Waals surface area contributed by atoms with Crippen LogP contribution >= 0.6 is 15.9 Å². The summed E-state index contributed by atoms with van der Waals surface area (Å²) in [5.74, 6) is 0. The van der Waals surface area contributed by atoms with E-state index in [0.29, 0.717) is 6.54 Å². The van der Waals surface area contributed by atoms with Crippen molar-refractivity contribution >= 4 is 27.7 Å². The molecule has 0 aliphatic rings. The Hall–Kier alpha value is -1.23. The van der Waals surface area contributed by atoms with Crippen molar-refractivity contribution in [3.63, 3.8) is 0 Å². The van der Waals surface area contributed by atoms with Crippen LogP contribution in [-0.4, -0.2) is 43.8 Å². The second-order valence-electron chi connectivity index (χ2n) is 5.80. The van der Waals surface area contributed by atoms with Gasteiger partial charge in [0.15, 0.2) is 0 Å². The quantitative estimate of drug-likeness (QED) is 0.835. The number of likely N-dealkylation sites (N-methyl/N-ethyl adjacent to an activating group) is 2. The van der Waals surface area contributed by atoms with Gasteiger partial charge < -0.3 is 14.5 Å². The van der Waals surface area contributed by atoms with Crippen molar-refractivity contribution < 1.29 is 9.53 Å². The van der Waals surface area contributed by atoms with Gasteiger partial charge in [-0.3, -0.25) is 0 Å². The van der Waals surface area contributed by atoms with Gasteiger partial charge in [0.1, 0.15) is 5.60 Å². The van der Waals surface area contributed by atoms with Gasteiger partial charge in [-0.1, -0.05) is 15.9 Å². The highest BCUT2D eigenvalue weighted by Gasteiger charge is 2.19. The average Bonchev–Trinajstić information content (AvgIpc) is 2.34. The Labute approximate surface area is 129 Å². The summed E-state index contributed by atoms with van der Waals surface area (Å²) in [5.41, 5.74) is 0.661. The molecule has 4 nitrogen and oxygen atoms in total. The van der Waals surface area contributed by atoms with E-state index in [1.165, 1.54) is 0 Å². The number of carbonyl (C=O) groups excluding carboxylic acids is 1. The summed E-state index contributed by atoms with van der Waals surface area (Å²) < 4.78 is 6.37. The van der Waals surface area contributed by atoms with Gasteiger partial charge in [-0.15, -0.1) is 0 Å². The molecule has 1 amide bonds. The first kappa shape index (κ1) is 16.8. The number of rotatable bonds is 4. The van der Waals surface area contributed by atoms with Crippen LogP contribution in [0.25, 0.3) is 0 Å². The molecule has 0 saturated heterocycles. The van der Waals surface area contributed by atoms with Gasteiger partial charge in [0, 0.05) is 37.3 Å². The lowest BCUT2D eigenvalue weighted by Gasteiger charge is -2.27. The van der Waals surface area contributed by atoms with E-state index in [2.05, 4.69) is 20.8 Å². The van der Waals surface area contributed by atoms with Crippen LogP contribution in [0.5, 0.6) is 0 Å². The molecule has 0 radical (unpaired) electrons. The Morgan fingerprint density at radius 1 is 1.15 bits per heavy atom. The maximum Gasteiger partial charge on any atom is 0.410 e. The van der Waals surface area contributed by atoms with Gasteiger partial charge >= 0.3 is 6.09 Å². The number of carbonyl (C=O) groups is 1. The Morgan fingerprint density at radius 3 is 2.20 bits per heavy atom. The second kappa shape index (κ2) is 6.97. The number of ether oxygens (including phenoxy) is 1. The first-order valence-electron chi connectivity index (χ1n) is 6.60. The fourth-order valence-corrected chi connectivity index (χ4v) is 1.82. The number of hydrogen-bond acceptors (Lipinski definition) is 3. The largest absolute Gasteiger partial charge is 0.444 e. The van der Waals surface area contributed by atoms with Crippen LogP contribution in [0.2, 0.25) is 0 Å². The molecule has 0 heterocycles. The van der Waals surface area contributed by atoms with Crippen molar-refractivity contribution in [2.75, 3.05) is 32.1 Å². The smallest absolute Gasteiger partial charge is 0.410 e. The van der Waals surface area contributed by atoms with Gasteiger partial charge in [0.25, 0.3) is 0 Å². The van der Waals surface area contributed by atoms with Crippen LogP contribution in [-0.2, 0) is 4.74 Å². The SMILES string of the molecule is CN(CCN(C)c1ccc(Br)cc1)C(=O)OC(C)(C)C. The number of halogens is 1. The van der Waals surface area contributed by atoms with Gasteiger partial charge in [-0.2, -0.15) is 0 Å². The molecule has 1 rings (SSSR count). The minimum Gasteiger partial charge on any atom is -0.444 e. The molecule has 0 atom stereocenters. The first-order chi connectivity index (χ1) is 9.19. The Balaban J connectivity index is 2.46. The zero-order valence-electron chi connectivity index (χ0n) is 12.8. The third-order valence-corrected chi connectivity index (χ3v) is 3.27. The fourth-order valence-electron chi connectivity index (χ4n) is 1.56. The number of hydrogen-bond donors (Lipinski definition) is 0. The van der Waals surface area contributed by atoms with Gasteiger partial charge in [0.05, 0.1) is 0 Å². The molecule has 0 aromatic heterocycles. The molecule has 112 valence electrons. The van der Waals surface area contributed by atoms with Crippen LogP contribution < -0.4 is 4.90 Å². The summed E-state index contributed by atoms with van der Waals surface area (Å²) in [7, 11) is 3.76. The Kier molecular flexibility index (Phi) is 5.87. The van der Waals surface area contributed by atoms with E-state index < -0.39 is 5.60 Å². The monoisotopic (exact) mass is 342 g/mol. The number of nitrogens with zero attached hydrogens (tertiary/aromatic N) is 2. The standard InChI is InChI=1S/C15H23BrN2O2/c1-15(2,3)20-14(19)18(5)11-10-17(4)13-8-6-12(16)7-9-13/h6-9H,10-11H2,1-5H3. The maximum atomic E-state index is 11.8. The zero-order valence-corrected chi connectivity index (χ0v) is 14.4. The fraction of sp³-hybridized carbons (Fsp3) is 0.533. The average molecular weight is 343 g/mol. The first-order valence-corrected chi connectivity index (χ1v) is 7.39. The minimum absolute atomic E-state index is 0.290. The summed E-state index contributed by atoms with van der Waals surface area (Å²) in [6, 6.07) is 8.09. The zero-order chi connectivity index (χ0) is 15.3. The van der Waals surface area contributed by atoms with Crippen molar-refractivity contribution in [1.29, 1.82) is 0 Å². The van der Waals surface area contributed by atoms with E-state index in [9.17, 15) is 4.79 Å². The van der Waals surface area contributed by atoms with E-state index in [-0.39, 0.29) is 6.09 Å². The van der Waals surface area contributed by atoms with Crippen LogP contribution in [0.1, 0.15) is 20.8 Å². The molecule has 0 saturated carbocycles. The molecule has 20 heavy (non-hydrogen) atoms. The van der Waals surface area contributed by atoms with Crippen LogP contribution in [0.3, 0.4) is 0 Å². The lowest BCUT2D eigenvalue weighted by Crippen LogP contribution is -2.38. The normalized spacial score (nSPS) is 11.1. The van der Waals surface area contributed by atoms with E-state index in [0.717, 1.165) is 16.7 Å². The van der Waals surface area contributed by atoms with Gasteiger partial charge in [-0.05, 0) is 45.0 Å². The second-order valence-corrected chi connectivity index (χ2v) is 6.72. The number of benzene rings is 1. The molecule has 0 fully saturated rings. The minimum atomic E-state index is -0.455.